The van der Waals surface area contributed by atoms with Gasteiger partial charge in [-0.05, 0) is 37.0 Å². The van der Waals surface area contributed by atoms with Crippen molar-refractivity contribution in [3.05, 3.63) is 29.8 Å². The maximum absolute atomic E-state index is 11.9. The van der Waals surface area contributed by atoms with Crippen molar-refractivity contribution in [2.45, 2.75) is 36.6 Å². The molecule has 3 N–H and O–H groups in total. The van der Waals surface area contributed by atoms with E-state index in [0.717, 1.165) is 24.7 Å². The molecule has 140 valence electrons. The quantitative estimate of drug-likeness (QED) is 0.605. The molecule has 2 rings (SSSR count). The number of nitrogens with zero attached hydrogens (tertiary/aromatic N) is 1. The first-order valence-corrected chi connectivity index (χ1v) is 11.3. The molecular formula is C15H23N3O5S2. The number of nitrogens with two attached hydrogens (primary N) is 1. The Bertz CT molecular complexity index is 815. The van der Waals surface area contributed by atoms with Gasteiger partial charge >= 0.3 is 0 Å². The van der Waals surface area contributed by atoms with Crippen LogP contribution in [0.4, 0.5) is 0 Å². The second-order valence-corrected chi connectivity index (χ2v) is 9.74. The Morgan fingerprint density at radius 1 is 1.16 bits per heavy atom. The van der Waals surface area contributed by atoms with Crippen molar-refractivity contribution in [2.24, 2.45) is 5.14 Å². The van der Waals surface area contributed by atoms with Crippen LogP contribution in [0.1, 0.15) is 24.8 Å². The van der Waals surface area contributed by atoms with Gasteiger partial charge in [-0.3, -0.25) is 4.79 Å². The fourth-order valence-corrected chi connectivity index (χ4v) is 3.66. The van der Waals surface area contributed by atoms with Gasteiger partial charge in [0, 0.05) is 25.6 Å². The fraction of sp³-hybridized carbons (Fsp3) is 0.533. The highest BCUT2D eigenvalue weighted by Gasteiger charge is 2.24. The van der Waals surface area contributed by atoms with Gasteiger partial charge in [-0.2, -0.15) is 0 Å². The predicted molar refractivity (Wildman–Crippen MR) is 93.7 cm³/mol. The van der Waals surface area contributed by atoms with Crippen LogP contribution in [-0.4, -0.2) is 52.4 Å². The summed E-state index contributed by atoms with van der Waals surface area (Å²) in [5.41, 5.74) is 0.781. The number of primary sulfonamides is 1. The number of hydrogen-bond donors (Lipinski definition) is 2. The van der Waals surface area contributed by atoms with Crippen LogP contribution in [0.3, 0.4) is 0 Å². The van der Waals surface area contributed by atoms with E-state index >= 15 is 0 Å². The molecule has 0 radical (unpaired) electrons. The molecule has 1 aromatic carbocycles. The summed E-state index contributed by atoms with van der Waals surface area (Å²) in [5, 5.41) is 7.87. The van der Waals surface area contributed by atoms with E-state index in [4.69, 9.17) is 5.14 Å². The Kier molecular flexibility index (Phi) is 6.20. The number of hydrogen-bond acceptors (Lipinski definition) is 5. The van der Waals surface area contributed by atoms with Gasteiger partial charge in [0.05, 0.1) is 11.2 Å². The largest absolute Gasteiger partial charge is 0.353 e. The van der Waals surface area contributed by atoms with Gasteiger partial charge in [0.25, 0.3) is 0 Å². The number of carbonyl (C=O) groups excluding carboxylic acids is 1. The van der Waals surface area contributed by atoms with Gasteiger partial charge in [-0.1, -0.05) is 12.1 Å². The van der Waals surface area contributed by atoms with Crippen molar-refractivity contribution < 1.29 is 21.6 Å². The molecular weight excluding hydrogens is 366 g/mol. The van der Waals surface area contributed by atoms with Crippen LogP contribution in [0.15, 0.2) is 29.2 Å². The van der Waals surface area contributed by atoms with Crippen molar-refractivity contribution in [1.82, 2.24) is 9.62 Å². The minimum Gasteiger partial charge on any atom is -0.353 e. The highest BCUT2D eigenvalue weighted by molar-refractivity contribution is 7.89. The van der Waals surface area contributed by atoms with E-state index in [1.165, 1.54) is 16.4 Å². The lowest BCUT2D eigenvalue weighted by atomic mass is 10.1. The highest BCUT2D eigenvalue weighted by atomic mass is 32.2. The van der Waals surface area contributed by atoms with Gasteiger partial charge in [0.2, 0.25) is 26.0 Å². The molecule has 1 fully saturated rings. The zero-order valence-corrected chi connectivity index (χ0v) is 15.6. The van der Waals surface area contributed by atoms with Gasteiger partial charge in [-0.15, -0.1) is 0 Å². The topological polar surface area (TPSA) is 127 Å². The molecule has 1 saturated carbocycles. The summed E-state index contributed by atoms with van der Waals surface area (Å²) in [6.07, 6.45) is 3.60. The van der Waals surface area contributed by atoms with Crippen molar-refractivity contribution >= 4 is 26.0 Å². The van der Waals surface area contributed by atoms with E-state index in [1.54, 1.807) is 12.1 Å². The van der Waals surface area contributed by atoms with Crippen LogP contribution in [-0.2, 0) is 31.3 Å². The minimum atomic E-state index is -3.75. The third kappa shape index (κ3) is 6.73. The number of rotatable bonds is 9. The predicted octanol–water partition coefficient (Wildman–Crippen LogP) is -0.193. The SMILES string of the molecule is CS(=O)(=O)N(CCC(=O)NC1CC1)CCc1ccc(S(N)(=O)=O)cc1. The minimum absolute atomic E-state index is 0.00738. The van der Waals surface area contributed by atoms with Gasteiger partial charge < -0.3 is 5.32 Å². The van der Waals surface area contributed by atoms with Crippen molar-refractivity contribution in [3.63, 3.8) is 0 Å². The monoisotopic (exact) mass is 389 g/mol. The summed E-state index contributed by atoms with van der Waals surface area (Å²) in [6, 6.07) is 6.22. The first-order valence-electron chi connectivity index (χ1n) is 7.92. The molecule has 0 atom stereocenters. The van der Waals surface area contributed by atoms with E-state index in [1.807, 2.05) is 0 Å². The van der Waals surface area contributed by atoms with E-state index in [0.29, 0.717) is 6.42 Å². The second kappa shape index (κ2) is 7.81. The lowest BCUT2D eigenvalue weighted by molar-refractivity contribution is -0.121. The Morgan fingerprint density at radius 2 is 1.76 bits per heavy atom. The third-order valence-electron chi connectivity index (χ3n) is 3.90. The molecule has 25 heavy (non-hydrogen) atoms. The summed E-state index contributed by atoms with van der Waals surface area (Å²) < 4.78 is 47.5. The number of benzene rings is 1. The van der Waals surface area contributed by atoms with Crippen LogP contribution in [0.5, 0.6) is 0 Å². The third-order valence-corrected chi connectivity index (χ3v) is 6.13. The smallest absolute Gasteiger partial charge is 0.238 e. The molecule has 1 aliphatic rings. The number of carbonyl (C=O) groups is 1. The molecule has 0 bridgehead atoms. The zero-order valence-electron chi connectivity index (χ0n) is 14.0. The normalized spacial score (nSPS) is 15.3. The van der Waals surface area contributed by atoms with Crippen LogP contribution < -0.4 is 10.5 Å². The van der Waals surface area contributed by atoms with Crippen molar-refractivity contribution in [1.29, 1.82) is 0 Å². The average Bonchev–Trinajstić information content (AvgIpc) is 3.29. The van der Waals surface area contributed by atoms with Crippen LogP contribution in [0, 0.1) is 0 Å². The van der Waals surface area contributed by atoms with Crippen LogP contribution in [0.25, 0.3) is 0 Å². The van der Waals surface area contributed by atoms with E-state index in [-0.39, 0.29) is 36.4 Å². The van der Waals surface area contributed by atoms with Gasteiger partial charge in [0.15, 0.2) is 0 Å². The van der Waals surface area contributed by atoms with Crippen molar-refractivity contribution in [2.75, 3.05) is 19.3 Å². The second-order valence-electron chi connectivity index (χ2n) is 6.19. The number of nitrogens with one attached hydrogen (secondary N) is 1. The Labute approximate surface area is 148 Å². The lowest BCUT2D eigenvalue weighted by Gasteiger charge is -2.19. The molecule has 10 heteroatoms. The first kappa shape index (κ1) is 19.8. The summed E-state index contributed by atoms with van der Waals surface area (Å²) >= 11 is 0. The summed E-state index contributed by atoms with van der Waals surface area (Å²) in [6.45, 7) is 0.330. The highest BCUT2D eigenvalue weighted by Crippen LogP contribution is 2.18. The average molecular weight is 389 g/mol. The molecule has 0 unspecified atom stereocenters. The van der Waals surface area contributed by atoms with E-state index in [2.05, 4.69) is 5.32 Å². The molecule has 8 nitrogen and oxygen atoms in total. The maximum atomic E-state index is 11.9. The number of sulfonamides is 2. The van der Waals surface area contributed by atoms with E-state index in [9.17, 15) is 21.6 Å². The maximum Gasteiger partial charge on any atom is 0.238 e. The lowest BCUT2D eigenvalue weighted by Crippen LogP contribution is -2.36. The first-order chi connectivity index (χ1) is 11.6. The molecule has 1 aliphatic carbocycles. The zero-order chi connectivity index (χ0) is 18.7. The Balaban J connectivity index is 1.91. The summed E-state index contributed by atoms with van der Waals surface area (Å²) in [4.78, 5) is 11.7. The Hall–Kier alpha value is -1.49. The van der Waals surface area contributed by atoms with Gasteiger partial charge in [-0.25, -0.2) is 26.3 Å². The standard InChI is InChI=1S/C15H23N3O5S2/c1-24(20,21)18(11-9-15(19)17-13-4-5-13)10-8-12-2-6-14(7-3-12)25(16,22)23/h2-3,6-7,13H,4-5,8-11H2,1H3,(H,17,19)(H2,16,22,23). The Morgan fingerprint density at radius 3 is 2.24 bits per heavy atom. The molecule has 0 saturated heterocycles. The molecule has 0 aliphatic heterocycles. The molecule has 1 amide bonds. The van der Waals surface area contributed by atoms with E-state index < -0.39 is 20.0 Å². The number of amides is 1. The van der Waals surface area contributed by atoms with Crippen molar-refractivity contribution in [3.8, 4) is 0 Å². The van der Waals surface area contributed by atoms with Crippen LogP contribution >= 0.6 is 0 Å². The molecule has 0 spiro atoms. The molecule has 0 heterocycles. The fourth-order valence-electron chi connectivity index (χ4n) is 2.30. The van der Waals surface area contributed by atoms with Gasteiger partial charge in [0.1, 0.15) is 0 Å². The van der Waals surface area contributed by atoms with Crippen LogP contribution in [0.2, 0.25) is 0 Å². The summed E-state index contributed by atoms with van der Waals surface area (Å²) in [5.74, 6) is -0.145. The molecule has 0 aromatic heterocycles. The molecule has 1 aromatic rings. The summed E-state index contributed by atoms with van der Waals surface area (Å²) in [7, 11) is -7.19.